The Balaban J connectivity index is 2.60. The number of amides is 1. The molecule has 0 saturated carbocycles. The molecule has 17 heavy (non-hydrogen) atoms. The number of Topliss-reactive ketones (excluding diaryl/α,β-unsaturated/α-hetero) is 1. The molecule has 1 N–H and O–H groups in total. The molecule has 0 unspecified atom stereocenters. The van der Waals surface area contributed by atoms with Gasteiger partial charge in [-0.25, -0.2) is 8.78 Å². The highest BCUT2D eigenvalue weighted by Gasteiger charge is 2.39. The minimum Gasteiger partial charge on any atom is -0.480 e. The van der Waals surface area contributed by atoms with Crippen LogP contribution in [-0.4, -0.2) is 29.3 Å². The van der Waals surface area contributed by atoms with Gasteiger partial charge in [0.15, 0.2) is 5.82 Å². The number of carbonyl (C=O) groups excluding carboxylic acids is 2. The summed E-state index contributed by atoms with van der Waals surface area (Å²) in [4.78, 5) is 33.7. The van der Waals surface area contributed by atoms with Crippen LogP contribution in [0.15, 0.2) is 12.1 Å². The van der Waals surface area contributed by atoms with E-state index in [0.29, 0.717) is 17.0 Å². The molecule has 0 aromatic heterocycles. The summed E-state index contributed by atoms with van der Waals surface area (Å²) in [7, 11) is 0. The van der Waals surface area contributed by atoms with E-state index in [-0.39, 0.29) is 0 Å². The first kappa shape index (κ1) is 11.2. The fraction of sp³-hybridized carbons (Fsp3) is 0.100. The number of rotatable bonds is 2. The Bertz CT molecular complexity index is 555. The minimum atomic E-state index is -1.40. The van der Waals surface area contributed by atoms with Crippen molar-refractivity contribution in [2.24, 2.45) is 0 Å². The van der Waals surface area contributed by atoms with Crippen molar-refractivity contribution in [3.8, 4) is 0 Å². The topological polar surface area (TPSA) is 74.7 Å². The first-order chi connectivity index (χ1) is 7.91. The van der Waals surface area contributed by atoms with Crippen LogP contribution in [0.1, 0.15) is 10.4 Å². The molecule has 1 amide bonds. The van der Waals surface area contributed by atoms with Crippen LogP contribution in [-0.2, 0) is 9.59 Å². The normalized spacial score (nSPS) is 14.1. The summed E-state index contributed by atoms with van der Waals surface area (Å²) in [5, 5.41) is 8.55. The number of halogens is 2. The Morgan fingerprint density at radius 1 is 1.29 bits per heavy atom. The van der Waals surface area contributed by atoms with E-state index in [1.165, 1.54) is 0 Å². The van der Waals surface area contributed by atoms with Gasteiger partial charge in [-0.2, -0.15) is 0 Å². The van der Waals surface area contributed by atoms with E-state index in [9.17, 15) is 23.2 Å². The number of hydrogen-bond acceptors (Lipinski definition) is 3. The van der Waals surface area contributed by atoms with Gasteiger partial charge in [0.1, 0.15) is 12.4 Å². The molecule has 88 valence electrons. The highest BCUT2D eigenvalue weighted by Crippen LogP contribution is 2.32. The van der Waals surface area contributed by atoms with Gasteiger partial charge in [-0.3, -0.25) is 19.3 Å². The Hall–Kier alpha value is -2.31. The molecule has 0 bridgehead atoms. The monoisotopic (exact) mass is 241 g/mol. The second-order valence-electron chi connectivity index (χ2n) is 3.40. The number of benzene rings is 1. The van der Waals surface area contributed by atoms with E-state index in [1.54, 1.807) is 0 Å². The molecule has 0 radical (unpaired) electrons. The SMILES string of the molecule is O=C(O)CN1C(=O)C(=O)c2cc(F)cc(F)c21. The van der Waals surface area contributed by atoms with Gasteiger partial charge in [0.05, 0.1) is 11.3 Å². The summed E-state index contributed by atoms with van der Waals surface area (Å²) in [6.45, 7) is -0.847. The quantitative estimate of drug-likeness (QED) is 0.768. The Morgan fingerprint density at radius 3 is 2.53 bits per heavy atom. The van der Waals surface area contributed by atoms with Gasteiger partial charge in [0.2, 0.25) is 0 Å². The predicted octanol–water partition coefficient (Wildman–Crippen LogP) is 0.579. The average molecular weight is 241 g/mol. The largest absolute Gasteiger partial charge is 0.480 e. The van der Waals surface area contributed by atoms with Gasteiger partial charge >= 0.3 is 5.97 Å². The maximum atomic E-state index is 13.4. The third-order valence-electron chi connectivity index (χ3n) is 2.28. The molecule has 1 heterocycles. The molecule has 0 aliphatic carbocycles. The molecule has 0 fully saturated rings. The lowest BCUT2D eigenvalue weighted by Crippen LogP contribution is -2.34. The number of carboxylic acids is 1. The summed E-state index contributed by atoms with van der Waals surface area (Å²) in [5.41, 5.74) is -0.933. The standard InChI is InChI=1S/C10H5F2NO4/c11-4-1-5-8(6(12)2-4)13(3-7(14)15)10(17)9(5)16/h1-2H,3H2,(H,14,15). The number of fused-ring (bicyclic) bond motifs is 1. The number of nitrogens with zero attached hydrogens (tertiary/aromatic N) is 1. The zero-order valence-corrected chi connectivity index (χ0v) is 8.24. The lowest BCUT2D eigenvalue weighted by molar-refractivity contribution is -0.136. The van der Waals surface area contributed by atoms with E-state index < -0.39 is 47.1 Å². The van der Waals surface area contributed by atoms with Gasteiger partial charge in [-0.05, 0) is 6.07 Å². The van der Waals surface area contributed by atoms with Crippen LogP contribution in [0.3, 0.4) is 0 Å². The van der Waals surface area contributed by atoms with Crippen LogP contribution in [0.4, 0.5) is 14.5 Å². The van der Waals surface area contributed by atoms with E-state index >= 15 is 0 Å². The van der Waals surface area contributed by atoms with Crippen molar-refractivity contribution < 1.29 is 28.3 Å². The molecule has 0 spiro atoms. The van der Waals surface area contributed by atoms with E-state index in [4.69, 9.17) is 5.11 Å². The number of carbonyl (C=O) groups is 3. The van der Waals surface area contributed by atoms with Crippen LogP contribution < -0.4 is 4.90 Å². The smallest absolute Gasteiger partial charge is 0.323 e. The molecule has 0 atom stereocenters. The number of carboxylic acid groups (broad SMARTS) is 1. The van der Waals surface area contributed by atoms with Gasteiger partial charge < -0.3 is 5.11 Å². The van der Waals surface area contributed by atoms with Crippen molar-refractivity contribution >= 4 is 23.3 Å². The van der Waals surface area contributed by atoms with E-state index in [2.05, 4.69) is 0 Å². The summed E-state index contributed by atoms with van der Waals surface area (Å²) in [5.74, 6) is -5.82. The van der Waals surface area contributed by atoms with E-state index in [1.807, 2.05) is 0 Å². The molecule has 7 heteroatoms. The highest BCUT2D eigenvalue weighted by molar-refractivity contribution is 6.52. The van der Waals surface area contributed by atoms with Gasteiger partial charge in [0.25, 0.3) is 11.7 Å². The zero-order valence-electron chi connectivity index (χ0n) is 8.24. The van der Waals surface area contributed by atoms with Gasteiger partial charge in [-0.15, -0.1) is 0 Å². The number of anilines is 1. The van der Waals surface area contributed by atoms with Crippen molar-refractivity contribution in [3.63, 3.8) is 0 Å². The van der Waals surface area contributed by atoms with Crippen molar-refractivity contribution in [2.45, 2.75) is 0 Å². The summed E-state index contributed by atoms with van der Waals surface area (Å²) < 4.78 is 26.3. The maximum absolute atomic E-state index is 13.4. The molecule has 1 aliphatic heterocycles. The van der Waals surface area contributed by atoms with Gasteiger partial charge in [-0.1, -0.05) is 0 Å². The Kier molecular flexibility index (Phi) is 2.38. The van der Waals surface area contributed by atoms with Crippen LogP contribution in [0, 0.1) is 11.6 Å². The predicted molar refractivity (Wildman–Crippen MR) is 50.7 cm³/mol. The third kappa shape index (κ3) is 1.65. The summed E-state index contributed by atoms with van der Waals surface area (Å²) in [6.07, 6.45) is 0. The highest BCUT2D eigenvalue weighted by atomic mass is 19.1. The van der Waals surface area contributed by atoms with Crippen LogP contribution in [0.5, 0.6) is 0 Å². The fourth-order valence-corrected chi connectivity index (χ4v) is 1.64. The van der Waals surface area contributed by atoms with E-state index in [0.717, 1.165) is 0 Å². The van der Waals surface area contributed by atoms with Gasteiger partial charge in [0, 0.05) is 6.07 Å². The Labute approximate surface area is 93.3 Å². The summed E-state index contributed by atoms with van der Waals surface area (Å²) in [6, 6.07) is 1.19. The zero-order chi connectivity index (χ0) is 12.7. The molecule has 1 aromatic carbocycles. The molecule has 0 saturated heterocycles. The number of hydrogen-bond donors (Lipinski definition) is 1. The lowest BCUT2D eigenvalue weighted by Gasteiger charge is -2.13. The lowest BCUT2D eigenvalue weighted by atomic mass is 10.1. The number of aliphatic carboxylic acids is 1. The second kappa shape index (κ2) is 3.62. The van der Waals surface area contributed by atoms with Crippen molar-refractivity contribution in [3.05, 3.63) is 29.3 Å². The molecular formula is C10H5F2NO4. The molecular weight excluding hydrogens is 236 g/mol. The third-order valence-corrected chi connectivity index (χ3v) is 2.28. The average Bonchev–Trinajstić information content (AvgIpc) is 2.43. The van der Waals surface area contributed by atoms with Crippen molar-refractivity contribution in [2.75, 3.05) is 11.4 Å². The maximum Gasteiger partial charge on any atom is 0.323 e. The second-order valence-corrected chi connectivity index (χ2v) is 3.40. The molecule has 1 aliphatic rings. The van der Waals surface area contributed by atoms with Crippen LogP contribution in [0.2, 0.25) is 0 Å². The Morgan fingerprint density at radius 2 is 1.94 bits per heavy atom. The first-order valence-electron chi connectivity index (χ1n) is 4.49. The van der Waals surface area contributed by atoms with Crippen molar-refractivity contribution in [1.82, 2.24) is 0 Å². The molecule has 5 nitrogen and oxygen atoms in total. The minimum absolute atomic E-state index is 0.450. The van der Waals surface area contributed by atoms with Crippen LogP contribution >= 0.6 is 0 Å². The first-order valence-corrected chi connectivity index (χ1v) is 4.49. The fourth-order valence-electron chi connectivity index (χ4n) is 1.64. The van der Waals surface area contributed by atoms with Crippen molar-refractivity contribution in [1.29, 1.82) is 0 Å². The molecule has 1 aromatic rings. The van der Waals surface area contributed by atoms with Crippen LogP contribution in [0.25, 0.3) is 0 Å². The number of ketones is 1. The molecule has 2 rings (SSSR count). The summed E-state index contributed by atoms with van der Waals surface area (Å²) >= 11 is 0.